The highest BCUT2D eigenvalue weighted by Crippen LogP contribution is 2.19. The van der Waals surface area contributed by atoms with Crippen LogP contribution < -0.4 is 10.1 Å². The molecular weight excluding hydrogens is 315 g/mol. The first kappa shape index (κ1) is 17.8. The second-order valence-corrected chi connectivity index (χ2v) is 5.53. The Morgan fingerprint density at radius 1 is 1.29 bits per heavy atom. The lowest BCUT2D eigenvalue weighted by Gasteiger charge is -2.15. The molecule has 0 aliphatic carbocycles. The first-order chi connectivity index (χ1) is 11.5. The molecule has 24 heavy (non-hydrogen) atoms. The molecule has 0 aliphatic rings. The first-order valence-corrected chi connectivity index (χ1v) is 7.60. The number of benzene rings is 2. The van der Waals surface area contributed by atoms with Gasteiger partial charge in [-0.2, -0.15) is 0 Å². The fourth-order valence-corrected chi connectivity index (χ4v) is 2.21. The predicted octanol–water partition coefficient (Wildman–Crippen LogP) is 1.80. The van der Waals surface area contributed by atoms with Gasteiger partial charge in [0.15, 0.2) is 0 Å². The second-order valence-electron chi connectivity index (χ2n) is 5.53. The van der Waals surface area contributed by atoms with Gasteiger partial charge in [-0.15, -0.1) is 0 Å². The summed E-state index contributed by atoms with van der Waals surface area (Å²) < 4.78 is 18.3. The van der Waals surface area contributed by atoms with Gasteiger partial charge in [0.1, 0.15) is 36.9 Å². The molecule has 2 aromatic rings. The fraction of sp³-hybridized carbons (Fsp3) is 0.294. The molecule has 3 N–H and O–H groups in total. The smallest absolute Gasteiger partial charge is 0.273 e. The Kier molecular flexibility index (Phi) is 6.22. The van der Waals surface area contributed by atoms with Crippen LogP contribution in [0.5, 0.6) is 5.75 Å². The number of non-ortho nitro benzene ring substituents is 1. The molecule has 2 atom stereocenters. The maximum atomic E-state index is 12.9. The van der Waals surface area contributed by atoms with E-state index in [2.05, 4.69) is 0 Å². The van der Waals surface area contributed by atoms with Crippen molar-refractivity contribution in [1.29, 1.82) is 0 Å². The molecule has 0 saturated carbocycles. The molecule has 0 fully saturated rings. The average molecular weight is 335 g/mol. The van der Waals surface area contributed by atoms with Crippen LogP contribution in [0.15, 0.2) is 48.5 Å². The van der Waals surface area contributed by atoms with Crippen molar-refractivity contribution < 1.29 is 24.5 Å². The molecule has 0 bridgehead atoms. The van der Waals surface area contributed by atoms with E-state index in [9.17, 15) is 19.6 Å². The average Bonchev–Trinajstić information content (AvgIpc) is 2.58. The summed E-state index contributed by atoms with van der Waals surface area (Å²) in [6.45, 7) is 2.39. The molecule has 0 radical (unpaired) electrons. The number of nitro benzene ring substituents is 1. The third-order valence-corrected chi connectivity index (χ3v) is 3.63. The minimum atomic E-state index is -0.729. The Balaban J connectivity index is 1.79. The van der Waals surface area contributed by atoms with Gasteiger partial charge in [-0.3, -0.25) is 10.1 Å². The molecule has 0 heterocycles. The van der Waals surface area contributed by atoms with Crippen molar-refractivity contribution in [2.45, 2.75) is 19.1 Å². The van der Waals surface area contributed by atoms with Crippen LogP contribution in [0.3, 0.4) is 0 Å². The van der Waals surface area contributed by atoms with Crippen molar-refractivity contribution >= 4 is 5.69 Å². The van der Waals surface area contributed by atoms with Gasteiger partial charge < -0.3 is 15.2 Å². The highest BCUT2D eigenvalue weighted by molar-refractivity contribution is 5.37. The van der Waals surface area contributed by atoms with E-state index in [-0.39, 0.29) is 24.2 Å². The van der Waals surface area contributed by atoms with Gasteiger partial charge in [0, 0.05) is 11.6 Å². The Bertz CT molecular complexity index is 679. The standard InChI is InChI=1S/C17H19FN2O4/c1-12(13-5-7-14(18)8-6-13)19-10-16(21)11-24-17-4-2-3-15(9-17)20(22)23/h2-9,12,16,19,21H,10-11H2,1H3/p+1/t12-,16-/m1/s1. The summed E-state index contributed by atoms with van der Waals surface area (Å²) in [5, 5.41) is 22.6. The van der Waals surface area contributed by atoms with E-state index >= 15 is 0 Å². The quantitative estimate of drug-likeness (QED) is 0.569. The van der Waals surface area contributed by atoms with Gasteiger partial charge in [0.25, 0.3) is 5.69 Å². The molecule has 0 aromatic heterocycles. The molecule has 2 rings (SSSR count). The number of nitro groups is 1. The summed E-state index contributed by atoms with van der Waals surface area (Å²) in [7, 11) is 0. The van der Waals surface area contributed by atoms with Crippen LogP contribution in [0.1, 0.15) is 18.5 Å². The molecule has 0 aliphatic heterocycles. The van der Waals surface area contributed by atoms with Crippen LogP contribution in [-0.4, -0.2) is 29.3 Å². The number of aliphatic hydroxyl groups is 1. The number of quaternary nitrogens is 1. The van der Waals surface area contributed by atoms with Gasteiger partial charge in [-0.1, -0.05) is 18.2 Å². The van der Waals surface area contributed by atoms with Crippen molar-refractivity contribution in [2.75, 3.05) is 13.2 Å². The minimum absolute atomic E-state index is 0.0355. The van der Waals surface area contributed by atoms with Gasteiger partial charge in [0.05, 0.1) is 11.0 Å². The summed E-state index contributed by atoms with van der Waals surface area (Å²) in [5.41, 5.74) is 0.904. The maximum absolute atomic E-state index is 12.9. The van der Waals surface area contributed by atoms with Crippen LogP contribution in [0.2, 0.25) is 0 Å². The fourth-order valence-electron chi connectivity index (χ4n) is 2.21. The number of rotatable bonds is 8. The third kappa shape index (κ3) is 5.29. The van der Waals surface area contributed by atoms with Crippen LogP contribution >= 0.6 is 0 Å². The lowest BCUT2D eigenvalue weighted by atomic mass is 10.1. The monoisotopic (exact) mass is 335 g/mol. The SMILES string of the molecule is C[C@@H]([NH2+]C[C@@H](O)COc1cccc([N+](=O)[O-])c1)c1ccc(F)cc1. The molecule has 7 heteroatoms. The molecule has 128 valence electrons. The van der Waals surface area contributed by atoms with Gasteiger partial charge in [-0.05, 0) is 25.1 Å². The van der Waals surface area contributed by atoms with Crippen LogP contribution in [0, 0.1) is 15.9 Å². The molecular formula is C17H20FN2O4+. The number of hydrogen-bond donors (Lipinski definition) is 2. The van der Waals surface area contributed by atoms with Crippen molar-refractivity contribution in [3.8, 4) is 5.75 Å². The minimum Gasteiger partial charge on any atom is -0.490 e. The lowest BCUT2D eigenvalue weighted by Crippen LogP contribution is -2.87. The zero-order valence-corrected chi connectivity index (χ0v) is 13.3. The van der Waals surface area contributed by atoms with Gasteiger partial charge in [-0.25, -0.2) is 4.39 Å². The zero-order valence-electron chi connectivity index (χ0n) is 13.3. The summed E-state index contributed by atoms with van der Waals surface area (Å²) >= 11 is 0. The van der Waals surface area contributed by atoms with Crippen LogP contribution in [0.4, 0.5) is 10.1 Å². The van der Waals surface area contributed by atoms with Crippen LogP contribution in [-0.2, 0) is 0 Å². The zero-order chi connectivity index (χ0) is 17.5. The molecule has 0 saturated heterocycles. The Hall–Kier alpha value is -2.51. The number of ether oxygens (including phenoxy) is 1. The van der Waals surface area contributed by atoms with Crippen molar-refractivity contribution in [3.63, 3.8) is 0 Å². The highest BCUT2D eigenvalue weighted by atomic mass is 19.1. The number of halogens is 1. The summed E-state index contributed by atoms with van der Waals surface area (Å²) in [6, 6.07) is 12.1. The predicted molar refractivity (Wildman–Crippen MR) is 86.2 cm³/mol. The topological polar surface area (TPSA) is 89.2 Å². The largest absolute Gasteiger partial charge is 0.490 e. The van der Waals surface area contributed by atoms with Crippen molar-refractivity contribution in [1.82, 2.24) is 0 Å². The second kappa shape index (κ2) is 8.37. The summed E-state index contributed by atoms with van der Waals surface area (Å²) in [4.78, 5) is 10.2. The Morgan fingerprint density at radius 2 is 2.00 bits per heavy atom. The van der Waals surface area contributed by atoms with E-state index in [1.165, 1.54) is 30.3 Å². The maximum Gasteiger partial charge on any atom is 0.273 e. The Morgan fingerprint density at radius 3 is 2.67 bits per heavy atom. The summed E-state index contributed by atoms with van der Waals surface area (Å²) in [5.74, 6) is 0.0613. The Labute approximate surface area is 139 Å². The number of aliphatic hydroxyl groups excluding tert-OH is 1. The lowest BCUT2D eigenvalue weighted by molar-refractivity contribution is -0.698. The van der Waals surface area contributed by atoms with Crippen LogP contribution in [0.25, 0.3) is 0 Å². The summed E-state index contributed by atoms with van der Waals surface area (Å²) in [6.07, 6.45) is -0.729. The number of hydrogen-bond acceptors (Lipinski definition) is 4. The molecule has 0 unspecified atom stereocenters. The molecule has 6 nitrogen and oxygen atoms in total. The van der Waals surface area contributed by atoms with E-state index in [0.717, 1.165) is 5.56 Å². The van der Waals surface area contributed by atoms with Gasteiger partial charge in [0.2, 0.25) is 0 Å². The van der Waals surface area contributed by atoms with E-state index in [4.69, 9.17) is 4.74 Å². The van der Waals surface area contributed by atoms with Gasteiger partial charge >= 0.3 is 0 Å². The third-order valence-electron chi connectivity index (χ3n) is 3.63. The molecule has 2 aromatic carbocycles. The van der Waals surface area contributed by atoms with E-state index in [0.29, 0.717) is 12.3 Å². The van der Waals surface area contributed by atoms with E-state index in [1.54, 1.807) is 18.2 Å². The van der Waals surface area contributed by atoms with E-state index in [1.807, 2.05) is 12.2 Å². The molecule has 0 amide bonds. The normalized spacial score (nSPS) is 13.3. The van der Waals surface area contributed by atoms with Crippen molar-refractivity contribution in [2.24, 2.45) is 0 Å². The number of nitrogens with zero attached hydrogens (tertiary/aromatic N) is 1. The van der Waals surface area contributed by atoms with E-state index < -0.39 is 11.0 Å². The first-order valence-electron chi connectivity index (χ1n) is 7.60. The molecule has 0 spiro atoms. The van der Waals surface area contributed by atoms with Crippen molar-refractivity contribution in [3.05, 3.63) is 70.0 Å². The number of nitrogens with two attached hydrogens (primary N) is 1. The highest BCUT2D eigenvalue weighted by Gasteiger charge is 2.14.